The molecule has 0 aliphatic heterocycles. The molecular weight excluding hydrogens is 220 g/mol. The Balaban J connectivity index is 2.65. The number of hydrogen-bond donors (Lipinski definition) is 0. The van der Waals surface area contributed by atoms with Crippen molar-refractivity contribution < 1.29 is 19.0 Å². The lowest BCUT2D eigenvalue weighted by molar-refractivity contribution is -0.138. The Labute approximate surface area is 101 Å². The van der Waals surface area contributed by atoms with Gasteiger partial charge in [0.25, 0.3) is 0 Å². The topological polar surface area (TPSA) is 44.8 Å². The average molecular weight is 236 g/mol. The zero-order valence-electron chi connectivity index (χ0n) is 10.2. The largest absolute Gasteiger partial charge is 0.497 e. The molecule has 0 fully saturated rings. The summed E-state index contributed by atoms with van der Waals surface area (Å²) in [7, 11) is 1.58. The Kier molecular flexibility index (Phi) is 5.07. The fourth-order valence-electron chi connectivity index (χ4n) is 1.12. The van der Waals surface area contributed by atoms with Crippen LogP contribution < -0.4 is 9.47 Å². The summed E-state index contributed by atoms with van der Waals surface area (Å²) in [5.41, 5.74) is 0.412. The standard InChI is InChI=1S/C13H16O4/c1-4-16-13(14)10(2)9-17-12-7-5-6-11(8-12)15-3/h5-9H,4H2,1-3H3. The molecule has 0 aromatic heterocycles. The highest BCUT2D eigenvalue weighted by Crippen LogP contribution is 2.19. The Hall–Kier alpha value is -1.97. The molecule has 0 aliphatic rings. The van der Waals surface area contributed by atoms with Gasteiger partial charge in [-0.15, -0.1) is 0 Å². The van der Waals surface area contributed by atoms with Crippen molar-refractivity contribution in [2.24, 2.45) is 0 Å². The lowest BCUT2D eigenvalue weighted by atomic mass is 10.3. The number of carbonyl (C=O) groups excluding carboxylic acids is 1. The minimum Gasteiger partial charge on any atom is -0.497 e. The molecule has 0 amide bonds. The SMILES string of the molecule is CCOC(=O)C(C)=COc1cccc(OC)c1. The van der Waals surface area contributed by atoms with Gasteiger partial charge in [0.1, 0.15) is 17.8 Å². The van der Waals surface area contributed by atoms with E-state index >= 15 is 0 Å². The number of esters is 1. The Morgan fingerprint density at radius 1 is 1.35 bits per heavy atom. The van der Waals surface area contributed by atoms with Crippen molar-refractivity contribution >= 4 is 5.97 Å². The molecule has 1 rings (SSSR count). The summed E-state index contributed by atoms with van der Waals surface area (Å²) in [6, 6.07) is 7.13. The smallest absolute Gasteiger partial charge is 0.336 e. The molecule has 0 aliphatic carbocycles. The first-order chi connectivity index (χ1) is 8.17. The summed E-state index contributed by atoms with van der Waals surface area (Å²) in [5.74, 6) is 0.924. The molecule has 0 saturated carbocycles. The Morgan fingerprint density at radius 3 is 2.71 bits per heavy atom. The van der Waals surface area contributed by atoms with Crippen LogP contribution in [-0.2, 0) is 9.53 Å². The number of rotatable bonds is 5. The van der Waals surface area contributed by atoms with E-state index < -0.39 is 0 Å². The summed E-state index contributed by atoms with van der Waals surface area (Å²) in [5, 5.41) is 0. The van der Waals surface area contributed by atoms with Crippen molar-refractivity contribution in [1.29, 1.82) is 0 Å². The minimum atomic E-state index is -0.379. The van der Waals surface area contributed by atoms with Crippen LogP contribution in [0.4, 0.5) is 0 Å². The minimum absolute atomic E-state index is 0.350. The molecule has 0 spiro atoms. The van der Waals surface area contributed by atoms with Gasteiger partial charge in [-0.05, 0) is 26.0 Å². The summed E-state index contributed by atoms with van der Waals surface area (Å²) >= 11 is 0. The van der Waals surface area contributed by atoms with Gasteiger partial charge in [0.15, 0.2) is 0 Å². The molecule has 0 heterocycles. The average Bonchev–Trinajstić information content (AvgIpc) is 2.36. The van der Waals surface area contributed by atoms with Gasteiger partial charge in [0.05, 0.1) is 19.3 Å². The molecule has 0 N–H and O–H groups in total. The maximum absolute atomic E-state index is 11.3. The van der Waals surface area contributed by atoms with E-state index in [1.807, 2.05) is 12.1 Å². The van der Waals surface area contributed by atoms with Crippen LogP contribution in [0.15, 0.2) is 36.1 Å². The summed E-state index contributed by atoms with van der Waals surface area (Å²) in [6.07, 6.45) is 1.37. The zero-order valence-corrected chi connectivity index (χ0v) is 10.2. The van der Waals surface area contributed by atoms with Gasteiger partial charge in [-0.1, -0.05) is 6.07 Å². The second kappa shape index (κ2) is 6.58. The molecule has 1 aromatic carbocycles. The van der Waals surface area contributed by atoms with Crippen molar-refractivity contribution in [2.45, 2.75) is 13.8 Å². The second-order valence-electron chi connectivity index (χ2n) is 3.32. The van der Waals surface area contributed by atoms with E-state index in [2.05, 4.69) is 0 Å². The van der Waals surface area contributed by atoms with E-state index in [9.17, 15) is 4.79 Å². The fraction of sp³-hybridized carbons (Fsp3) is 0.308. The maximum atomic E-state index is 11.3. The van der Waals surface area contributed by atoms with Gasteiger partial charge in [-0.25, -0.2) is 4.79 Å². The molecule has 1 aromatic rings. The van der Waals surface area contributed by atoms with Gasteiger partial charge in [0.2, 0.25) is 0 Å². The first-order valence-corrected chi connectivity index (χ1v) is 5.32. The highest BCUT2D eigenvalue weighted by molar-refractivity contribution is 5.87. The molecule has 0 saturated heterocycles. The van der Waals surface area contributed by atoms with Crippen LogP contribution in [0, 0.1) is 0 Å². The third kappa shape index (κ3) is 4.18. The van der Waals surface area contributed by atoms with Crippen molar-refractivity contribution in [2.75, 3.05) is 13.7 Å². The van der Waals surface area contributed by atoms with Crippen molar-refractivity contribution in [3.63, 3.8) is 0 Å². The van der Waals surface area contributed by atoms with E-state index in [0.29, 0.717) is 23.7 Å². The van der Waals surface area contributed by atoms with Crippen LogP contribution in [0.25, 0.3) is 0 Å². The highest BCUT2D eigenvalue weighted by Gasteiger charge is 2.04. The lowest BCUT2D eigenvalue weighted by Gasteiger charge is -2.05. The number of carbonyl (C=O) groups is 1. The van der Waals surface area contributed by atoms with E-state index in [1.54, 1.807) is 33.1 Å². The zero-order chi connectivity index (χ0) is 12.7. The molecule has 92 valence electrons. The van der Waals surface area contributed by atoms with Crippen LogP contribution in [0.5, 0.6) is 11.5 Å². The quantitative estimate of drug-likeness (QED) is 0.447. The lowest BCUT2D eigenvalue weighted by Crippen LogP contribution is -2.06. The first-order valence-electron chi connectivity index (χ1n) is 5.32. The molecule has 4 nitrogen and oxygen atoms in total. The molecule has 0 bridgehead atoms. The fourth-order valence-corrected chi connectivity index (χ4v) is 1.12. The Bertz CT molecular complexity index is 410. The van der Waals surface area contributed by atoms with Crippen LogP contribution in [0.3, 0.4) is 0 Å². The molecule has 4 heteroatoms. The number of benzene rings is 1. The van der Waals surface area contributed by atoms with E-state index in [4.69, 9.17) is 14.2 Å². The number of methoxy groups -OCH3 is 1. The predicted molar refractivity (Wildman–Crippen MR) is 64.0 cm³/mol. The van der Waals surface area contributed by atoms with Crippen molar-refractivity contribution in [1.82, 2.24) is 0 Å². The monoisotopic (exact) mass is 236 g/mol. The van der Waals surface area contributed by atoms with Gasteiger partial charge in [-0.2, -0.15) is 0 Å². The molecule has 0 radical (unpaired) electrons. The maximum Gasteiger partial charge on any atom is 0.336 e. The van der Waals surface area contributed by atoms with E-state index in [-0.39, 0.29) is 5.97 Å². The van der Waals surface area contributed by atoms with Crippen LogP contribution in [-0.4, -0.2) is 19.7 Å². The van der Waals surface area contributed by atoms with Crippen LogP contribution in [0.1, 0.15) is 13.8 Å². The predicted octanol–water partition coefficient (Wildman–Crippen LogP) is 2.54. The van der Waals surface area contributed by atoms with Crippen molar-refractivity contribution in [3.8, 4) is 11.5 Å². The summed E-state index contributed by atoms with van der Waals surface area (Å²) < 4.78 is 15.2. The van der Waals surface area contributed by atoms with Crippen LogP contribution >= 0.6 is 0 Å². The normalized spacial score (nSPS) is 10.9. The number of hydrogen-bond acceptors (Lipinski definition) is 4. The molecule has 0 atom stereocenters. The van der Waals surface area contributed by atoms with Crippen LogP contribution in [0.2, 0.25) is 0 Å². The Morgan fingerprint density at radius 2 is 2.06 bits per heavy atom. The highest BCUT2D eigenvalue weighted by atomic mass is 16.5. The second-order valence-corrected chi connectivity index (χ2v) is 3.32. The third-order valence-electron chi connectivity index (χ3n) is 2.01. The molecule has 17 heavy (non-hydrogen) atoms. The van der Waals surface area contributed by atoms with Crippen molar-refractivity contribution in [3.05, 3.63) is 36.1 Å². The third-order valence-corrected chi connectivity index (χ3v) is 2.01. The number of ether oxygens (including phenoxy) is 3. The summed E-state index contributed by atoms with van der Waals surface area (Å²) in [6.45, 7) is 3.75. The van der Waals surface area contributed by atoms with E-state index in [0.717, 1.165) is 0 Å². The van der Waals surface area contributed by atoms with Gasteiger partial charge < -0.3 is 14.2 Å². The molecular formula is C13H16O4. The van der Waals surface area contributed by atoms with Gasteiger partial charge in [0, 0.05) is 6.07 Å². The van der Waals surface area contributed by atoms with Gasteiger partial charge in [-0.3, -0.25) is 0 Å². The first kappa shape index (κ1) is 13.1. The molecule has 0 unspecified atom stereocenters. The summed E-state index contributed by atoms with van der Waals surface area (Å²) in [4.78, 5) is 11.3. The van der Waals surface area contributed by atoms with E-state index in [1.165, 1.54) is 6.26 Å². The van der Waals surface area contributed by atoms with Gasteiger partial charge >= 0.3 is 5.97 Å².